The first-order valence-corrected chi connectivity index (χ1v) is 16.2. The van der Waals surface area contributed by atoms with Crippen molar-refractivity contribution in [1.82, 2.24) is 19.1 Å². The third-order valence-corrected chi connectivity index (χ3v) is 10.1. The topological polar surface area (TPSA) is 35.6 Å². The van der Waals surface area contributed by atoms with Gasteiger partial charge in [0.25, 0.3) is 0 Å². The van der Waals surface area contributed by atoms with Gasteiger partial charge >= 0.3 is 0 Å². The second-order valence-electron chi connectivity index (χ2n) is 13.0. The SMILES string of the molecule is CC1(C)c2ccccc2-c2c1c1ccc3c(c4ccccc4n3-c3nc(-c4ccccc4)c4ccccc4n3)c1n2-c1ccccc1. The lowest BCUT2D eigenvalue weighted by molar-refractivity contribution is 0.666. The van der Waals surface area contributed by atoms with Crippen LogP contribution in [0.1, 0.15) is 25.0 Å². The molecule has 0 N–H and O–H groups in total. The van der Waals surface area contributed by atoms with Gasteiger partial charge in [0, 0.05) is 43.8 Å². The third kappa shape index (κ3) is 3.53. The van der Waals surface area contributed by atoms with E-state index in [-0.39, 0.29) is 5.41 Å². The van der Waals surface area contributed by atoms with Crippen LogP contribution in [0.3, 0.4) is 0 Å². The molecule has 0 amide bonds. The fraction of sp³-hybridized carbons (Fsp3) is 0.0698. The van der Waals surface area contributed by atoms with Gasteiger partial charge in [-0.1, -0.05) is 129 Å². The molecular weight excluding hydrogens is 573 g/mol. The Bertz CT molecular complexity index is 2700. The lowest BCUT2D eigenvalue weighted by atomic mass is 9.81. The molecule has 1 aliphatic carbocycles. The maximum absolute atomic E-state index is 5.32. The molecule has 1 aliphatic rings. The fourth-order valence-electron chi connectivity index (χ4n) is 8.12. The number of hydrogen-bond donors (Lipinski definition) is 0. The molecule has 0 atom stereocenters. The third-order valence-electron chi connectivity index (χ3n) is 10.1. The largest absolute Gasteiger partial charge is 0.308 e. The summed E-state index contributed by atoms with van der Waals surface area (Å²) in [6.07, 6.45) is 0. The summed E-state index contributed by atoms with van der Waals surface area (Å²) >= 11 is 0. The molecule has 6 aromatic carbocycles. The zero-order valence-corrected chi connectivity index (χ0v) is 26.1. The van der Waals surface area contributed by atoms with E-state index in [9.17, 15) is 0 Å². The Labute approximate surface area is 272 Å². The van der Waals surface area contributed by atoms with Crippen molar-refractivity contribution >= 4 is 43.6 Å². The molecule has 0 saturated heterocycles. The Morgan fingerprint density at radius 3 is 2.04 bits per heavy atom. The van der Waals surface area contributed by atoms with Crippen molar-refractivity contribution in [3.05, 3.63) is 157 Å². The minimum atomic E-state index is -0.151. The molecule has 10 rings (SSSR count). The van der Waals surface area contributed by atoms with Crippen LogP contribution in [0.5, 0.6) is 0 Å². The highest BCUT2D eigenvalue weighted by molar-refractivity contribution is 6.23. The molecule has 0 radical (unpaired) electrons. The van der Waals surface area contributed by atoms with Crippen molar-refractivity contribution in [2.45, 2.75) is 19.3 Å². The Kier molecular flexibility index (Phi) is 5.31. The number of fused-ring (bicyclic) bond motifs is 10. The molecule has 0 saturated carbocycles. The summed E-state index contributed by atoms with van der Waals surface area (Å²) in [6, 6.07) is 51.8. The number of rotatable bonds is 3. The van der Waals surface area contributed by atoms with Gasteiger partial charge in [0.2, 0.25) is 5.95 Å². The average molecular weight is 603 g/mol. The van der Waals surface area contributed by atoms with Gasteiger partial charge < -0.3 is 4.57 Å². The first kappa shape index (κ1) is 26.2. The van der Waals surface area contributed by atoms with Crippen molar-refractivity contribution in [1.29, 1.82) is 0 Å². The summed E-state index contributed by atoms with van der Waals surface area (Å²) in [5.41, 5.74) is 12.7. The second-order valence-corrected chi connectivity index (χ2v) is 13.0. The van der Waals surface area contributed by atoms with Gasteiger partial charge in [-0.3, -0.25) is 4.57 Å². The molecule has 0 unspecified atom stereocenters. The van der Waals surface area contributed by atoms with Crippen molar-refractivity contribution in [2.24, 2.45) is 0 Å². The maximum atomic E-state index is 5.32. The van der Waals surface area contributed by atoms with Crippen LogP contribution in [0.25, 0.3) is 77.8 Å². The standard InChI is InChI=1S/C43H30N4/c1-43(2)33-22-12-9-19-29(33)41-38(43)32-25-26-36-37(40(32)46(41)28-17-7-4-8-18-28)31-21-11-14-24-35(31)47(36)42-44-34-23-13-10-20-30(34)39(45-42)27-15-5-3-6-16-27/h3-26H,1-2H3. The molecule has 4 heteroatoms. The monoisotopic (exact) mass is 602 g/mol. The van der Waals surface area contributed by atoms with E-state index in [1.54, 1.807) is 0 Å². The lowest BCUT2D eigenvalue weighted by Crippen LogP contribution is -2.14. The number of hydrogen-bond acceptors (Lipinski definition) is 2. The summed E-state index contributed by atoms with van der Waals surface area (Å²) in [5.74, 6) is 0.670. The van der Waals surface area contributed by atoms with E-state index in [0.29, 0.717) is 5.95 Å². The number of para-hydroxylation sites is 3. The van der Waals surface area contributed by atoms with E-state index in [1.165, 1.54) is 44.1 Å². The zero-order valence-electron chi connectivity index (χ0n) is 26.1. The smallest absolute Gasteiger partial charge is 0.235 e. The lowest BCUT2D eigenvalue weighted by Gasteiger charge is -2.21. The van der Waals surface area contributed by atoms with Gasteiger partial charge in [-0.25, -0.2) is 9.97 Å². The molecule has 0 aliphatic heterocycles. The van der Waals surface area contributed by atoms with E-state index in [2.05, 4.69) is 163 Å². The Morgan fingerprint density at radius 1 is 0.532 bits per heavy atom. The highest BCUT2D eigenvalue weighted by atomic mass is 15.2. The van der Waals surface area contributed by atoms with Gasteiger partial charge in [0.1, 0.15) is 0 Å². The van der Waals surface area contributed by atoms with Crippen LogP contribution in [0.15, 0.2) is 146 Å². The summed E-state index contributed by atoms with van der Waals surface area (Å²) in [6.45, 7) is 4.74. The summed E-state index contributed by atoms with van der Waals surface area (Å²) in [5, 5.41) is 4.72. The predicted octanol–water partition coefficient (Wildman–Crippen LogP) is 10.6. The minimum absolute atomic E-state index is 0.151. The molecule has 3 aromatic heterocycles. The van der Waals surface area contributed by atoms with Crippen molar-refractivity contribution in [3.63, 3.8) is 0 Å². The highest BCUT2D eigenvalue weighted by Crippen LogP contribution is 2.55. The average Bonchev–Trinajstić information content (AvgIpc) is 3.73. The predicted molar refractivity (Wildman–Crippen MR) is 194 cm³/mol. The Balaban J connectivity index is 1.38. The highest BCUT2D eigenvalue weighted by Gasteiger charge is 2.41. The fourth-order valence-corrected chi connectivity index (χ4v) is 8.12. The zero-order chi connectivity index (χ0) is 31.3. The van der Waals surface area contributed by atoms with Crippen LogP contribution >= 0.6 is 0 Å². The van der Waals surface area contributed by atoms with Crippen LogP contribution in [0.4, 0.5) is 0 Å². The Hall–Kier alpha value is -6.00. The van der Waals surface area contributed by atoms with Crippen LogP contribution in [-0.2, 0) is 5.41 Å². The van der Waals surface area contributed by atoms with Gasteiger partial charge in [-0.2, -0.15) is 0 Å². The molecule has 9 aromatic rings. The normalized spacial score (nSPS) is 13.5. The summed E-state index contributed by atoms with van der Waals surface area (Å²) in [4.78, 5) is 10.5. The number of aromatic nitrogens is 4. The first-order chi connectivity index (χ1) is 23.1. The van der Waals surface area contributed by atoms with Crippen LogP contribution < -0.4 is 0 Å². The van der Waals surface area contributed by atoms with Crippen molar-refractivity contribution in [3.8, 4) is 34.2 Å². The van der Waals surface area contributed by atoms with Crippen molar-refractivity contribution < 1.29 is 0 Å². The van der Waals surface area contributed by atoms with Gasteiger partial charge in [-0.15, -0.1) is 0 Å². The summed E-state index contributed by atoms with van der Waals surface area (Å²) in [7, 11) is 0. The molecule has 222 valence electrons. The molecular formula is C43H30N4. The van der Waals surface area contributed by atoms with Crippen LogP contribution in [0, 0.1) is 0 Å². The van der Waals surface area contributed by atoms with Crippen LogP contribution in [0.2, 0.25) is 0 Å². The molecule has 0 spiro atoms. The van der Waals surface area contributed by atoms with E-state index < -0.39 is 0 Å². The van der Waals surface area contributed by atoms with Gasteiger partial charge in [0.15, 0.2) is 0 Å². The minimum Gasteiger partial charge on any atom is -0.308 e. The molecule has 0 bridgehead atoms. The molecule has 0 fully saturated rings. The summed E-state index contributed by atoms with van der Waals surface area (Å²) < 4.78 is 4.77. The second kappa shape index (κ2) is 9.51. The molecule has 4 nitrogen and oxygen atoms in total. The molecule has 3 heterocycles. The number of nitrogens with zero attached hydrogens (tertiary/aromatic N) is 4. The van der Waals surface area contributed by atoms with E-state index in [4.69, 9.17) is 9.97 Å². The maximum Gasteiger partial charge on any atom is 0.235 e. The van der Waals surface area contributed by atoms with E-state index >= 15 is 0 Å². The van der Waals surface area contributed by atoms with E-state index in [0.717, 1.165) is 38.9 Å². The molecule has 47 heavy (non-hydrogen) atoms. The van der Waals surface area contributed by atoms with E-state index in [1.807, 2.05) is 6.07 Å². The Morgan fingerprint density at radius 2 is 1.21 bits per heavy atom. The van der Waals surface area contributed by atoms with Gasteiger partial charge in [0.05, 0.1) is 33.5 Å². The number of benzene rings is 6. The van der Waals surface area contributed by atoms with Crippen molar-refractivity contribution in [2.75, 3.05) is 0 Å². The quantitative estimate of drug-likeness (QED) is 0.202. The first-order valence-electron chi connectivity index (χ1n) is 16.2. The van der Waals surface area contributed by atoms with Gasteiger partial charge in [-0.05, 0) is 41.5 Å². The van der Waals surface area contributed by atoms with Crippen LogP contribution in [-0.4, -0.2) is 19.1 Å².